The molecule has 0 radical (unpaired) electrons. The Balaban J connectivity index is 1.79. The predicted molar refractivity (Wildman–Crippen MR) is 107 cm³/mol. The van der Waals surface area contributed by atoms with Crippen LogP contribution in [-0.4, -0.2) is 35.8 Å². The van der Waals surface area contributed by atoms with E-state index in [1.54, 1.807) is 4.90 Å². The minimum atomic E-state index is -0.193. The van der Waals surface area contributed by atoms with Gasteiger partial charge in [-0.15, -0.1) is 11.3 Å². The van der Waals surface area contributed by atoms with Gasteiger partial charge < -0.3 is 10.2 Å². The van der Waals surface area contributed by atoms with Crippen LogP contribution in [0, 0.1) is 0 Å². The number of rotatable bonds is 5. The average Bonchev–Trinajstić information content (AvgIpc) is 2.94. The van der Waals surface area contributed by atoms with E-state index >= 15 is 0 Å². The van der Waals surface area contributed by atoms with E-state index in [0.717, 1.165) is 21.4 Å². The number of likely N-dealkylation sites (N-methyl/N-ethyl adjacent to an activating group) is 1. The van der Waals surface area contributed by atoms with Crippen molar-refractivity contribution in [3.8, 4) is 0 Å². The minimum absolute atomic E-state index is 0.00838. The fraction of sp³-hybridized carbons (Fsp3) is 0.368. The van der Waals surface area contributed by atoms with Crippen LogP contribution >= 0.6 is 22.9 Å². The maximum absolute atomic E-state index is 13.1. The van der Waals surface area contributed by atoms with Crippen LogP contribution in [0.2, 0.25) is 4.34 Å². The molecular weight excluding hydrogens is 370 g/mol. The van der Waals surface area contributed by atoms with Crippen molar-refractivity contribution in [1.29, 1.82) is 0 Å². The molecule has 0 aliphatic carbocycles. The molecule has 2 amide bonds. The van der Waals surface area contributed by atoms with Crippen LogP contribution in [0.25, 0.3) is 0 Å². The molecule has 26 heavy (non-hydrogen) atoms. The van der Waals surface area contributed by atoms with Crippen molar-refractivity contribution in [2.75, 3.05) is 23.3 Å². The Morgan fingerprint density at radius 2 is 2.12 bits per heavy atom. The van der Waals surface area contributed by atoms with Gasteiger partial charge in [0.1, 0.15) is 0 Å². The summed E-state index contributed by atoms with van der Waals surface area (Å²) in [5, 5.41) is 2.89. The lowest BCUT2D eigenvalue weighted by atomic mass is 10.1. The fourth-order valence-electron chi connectivity index (χ4n) is 3.17. The van der Waals surface area contributed by atoms with Crippen molar-refractivity contribution in [1.82, 2.24) is 4.90 Å². The summed E-state index contributed by atoms with van der Waals surface area (Å²) in [7, 11) is 0. The number of halogens is 1. The maximum Gasteiger partial charge on any atom is 0.241 e. The molecule has 0 fully saturated rings. The van der Waals surface area contributed by atoms with Gasteiger partial charge in [0.2, 0.25) is 11.8 Å². The van der Waals surface area contributed by atoms with Crippen molar-refractivity contribution in [3.05, 3.63) is 45.6 Å². The maximum atomic E-state index is 13.1. The first-order valence-corrected chi connectivity index (χ1v) is 9.85. The zero-order valence-corrected chi connectivity index (χ0v) is 16.4. The highest BCUT2D eigenvalue weighted by Crippen LogP contribution is 2.31. The summed E-state index contributed by atoms with van der Waals surface area (Å²) >= 11 is 7.54. The van der Waals surface area contributed by atoms with Gasteiger partial charge in [-0.3, -0.25) is 14.5 Å². The second kappa shape index (κ2) is 8.20. The van der Waals surface area contributed by atoms with Crippen molar-refractivity contribution >= 4 is 46.1 Å². The molecular formula is C19H22ClN3O2S. The van der Waals surface area contributed by atoms with Gasteiger partial charge in [0.25, 0.3) is 0 Å². The van der Waals surface area contributed by atoms with Crippen LogP contribution in [-0.2, 0) is 16.1 Å². The third kappa shape index (κ3) is 4.26. The number of anilines is 2. The van der Waals surface area contributed by atoms with Crippen LogP contribution in [0.15, 0.2) is 36.4 Å². The zero-order valence-electron chi connectivity index (χ0n) is 14.9. The summed E-state index contributed by atoms with van der Waals surface area (Å²) in [6, 6.07) is 11.1. The highest BCUT2D eigenvalue weighted by molar-refractivity contribution is 7.16. The first kappa shape index (κ1) is 18.9. The van der Waals surface area contributed by atoms with E-state index in [2.05, 4.69) is 10.2 Å². The molecule has 0 saturated carbocycles. The molecule has 1 aliphatic rings. The molecule has 1 atom stereocenters. The Morgan fingerprint density at radius 1 is 1.35 bits per heavy atom. The van der Waals surface area contributed by atoms with Gasteiger partial charge in [-0.2, -0.15) is 0 Å². The molecule has 1 aliphatic heterocycles. The Bertz CT molecular complexity index is 808. The smallest absolute Gasteiger partial charge is 0.241 e. The predicted octanol–water partition coefficient (Wildman–Crippen LogP) is 3.99. The largest absolute Gasteiger partial charge is 0.324 e. The van der Waals surface area contributed by atoms with E-state index < -0.39 is 0 Å². The third-order valence-corrected chi connectivity index (χ3v) is 5.66. The number of carbonyl (C=O) groups excluding carboxylic acids is 2. The molecule has 1 aromatic carbocycles. The standard InChI is InChI=1S/C19H22ClN3O2S/c1-3-22(11-14-8-9-17(20)26-14)12-19(25)23-13(2)10-18(24)21-15-6-4-5-7-16(15)23/h4-9,13H,3,10-12H2,1-2H3,(H,21,24)/t13-/m0/s1. The molecule has 2 heterocycles. The van der Waals surface area contributed by atoms with Crippen LogP contribution in [0.1, 0.15) is 25.1 Å². The third-order valence-electron chi connectivity index (χ3n) is 4.44. The Labute approximate surface area is 162 Å². The normalized spacial score (nSPS) is 17.0. The Hall–Kier alpha value is -1.89. The molecule has 7 heteroatoms. The number of thiophene rings is 1. The highest BCUT2D eigenvalue weighted by atomic mass is 35.5. The molecule has 0 spiro atoms. The lowest BCUT2D eigenvalue weighted by Gasteiger charge is -2.30. The molecule has 2 aromatic rings. The topological polar surface area (TPSA) is 52.7 Å². The summed E-state index contributed by atoms with van der Waals surface area (Å²) in [6.45, 7) is 5.67. The second-order valence-corrected chi connectivity index (χ2v) is 8.19. The Kier molecular flexibility index (Phi) is 5.96. The molecule has 0 bridgehead atoms. The van der Waals surface area contributed by atoms with Crippen LogP contribution in [0.5, 0.6) is 0 Å². The van der Waals surface area contributed by atoms with E-state index in [0.29, 0.717) is 18.8 Å². The van der Waals surface area contributed by atoms with Gasteiger partial charge in [-0.05, 0) is 37.7 Å². The number of fused-ring (bicyclic) bond motifs is 1. The SMILES string of the molecule is CCN(CC(=O)N1c2ccccc2NC(=O)C[C@@H]1C)Cc1ccc(Cl)s1. The van der Waals surface area contributed by atoms with Crippen LogP contribution in [0.4, 0.5) is 11.4 Å². The van der Waals surface area contributed by atoms with Gasteiger partial charge in [0.05, 0.1) is 22.3 Å². The summed E-state index contributed by atoms with van der Waals surface area (Å²) in [5.41, 5.74) is 1.44. The number of hydrogen-bond donors (Lipinski definition) is 1. The highest BCUT2D eigenvalue weighted by Gasteiger charge is 2.30. The first-order valence-electron chi connectivity index (χ1n) is 8.65. The number of hydrogen-bond acceptors (Lipinski definition) is 4. The number of carbonyl (C=O) groups is 2. The van der Waals surface area contributed by atoms with Crippen LogP contribution in [0.3, 0.4) is 0 Å². The number of nitrogens with zero attached hydrogens (tertiary/aromatic N) is 2. The van der Waals surface area contributed by atoms with E-state index in [4.69, 9.17) is 11.6 Å². The van der Waals surface area contributed by atoms with E-state index in [1.165, 1.54) is 11.3 Å². The minimum Gasteiger partial charge on any atom is -0.324 e. The molecule has 5 nitrogen and oxygen atoms in total. The number of para-hydroxylation sites is 2. The van der Waals surface area contributed by atoms with Gasteiger partial charge in [0, 0.05) is 23.9 Å². The Morgan fingerprint density at radius 3 is 2.81 bits per heavy atom. The summed E-state index contributed by atoms with van der Waals surface area (Å²) in [5.74, 6) is -0.0771. The molecule has 1 N–H and O–H groups in total. The summed E-state index contributed by atoms with van der Waals surface area (Å²) in [4.78, 5) is 30.2. The molecule has 1 aromatic heterocycles. The zero-order chi connectivity index (χ0) is 18.7. The van der Waals surface area contributed by atoms with E-state index in [1.807, 2.05) is 50.2 Å². The second-order valence-electron chi connectivity index (χ2n) is 6.39. The number of nitrogens with one attached hydrogen (secondary N) is 1. The van der Waals surface area contributed by atoms with E-state index in [9.17, 15) is 9.59 Å². The quantitative estimate of drug-likeness (QED) is 0.838. The monoisotopic (exact) mass is 391 g/mol. The van der Waals surface area contributed by atoms with Crippen molar-refractivity contribution in [2.24, 2.45) is 0 Å². The lowest BCUT2D eigenvalue weighted by molar-refractivity contribution is -0.120. The lowest BCUT2D eigenvalue weighted by Crippen LogP contribution is -2.44. The van der Waals surface area contributed by atoms with Gasteiger partial charge >= 0.3 is 0 Å². The number of amides is 2. The van der Waals surface area contributed by atoms with Crippen molar-refractivity contribution in [2.45, 2.75) is 32.9 Å². The van der Waals surface area contributed by atoms with Crippen molar-refractivity contribution in [3.63, 3.8) is 0 Å². The first-order chi connectivity index (χ1) is 12.5. The van der Waals surface area contributed by atoms with Gasteiger partial charge in [0.15, 0.2) is 0 Å². The molecule has 138 valence electrons. The summed E-state index contributed by atoms with van der Waals surface area (Å²) < 4.78 is 0.752. The fourth-order valence-corrected chi connectivity index (χ4v) is 4.30. The molecule has 3 rings (SSSR count). The van der Waals surface area contributed by atoms with Crippen LogP contribution < -0.4 is 10.2 Å². The van der Waals surface area contributed by atoms with Crippen molar-refractivity contribution < 1.29 is 9.59 Å². The van der Waals surface area contributed by atoms with Gasteiger partial charge in [-0.1, -0.05) is 30.7 Å². The summed E-state index contributed by atoms with van der Waals surface area (Å²) in [6.07, 6.45) is 0.285. The number of benzene rings is 1. The van der Waals surface area contributed by atoms with E-state index in [-0.39, 0.29) is 24.3 Å². The molecule has 0 unspecified atom stereocenters. The molecule has 0 saturated heterocycles. The van der Waals surface area contributed by atoms with Gasteiger partial charge in [-0.25, -0.2) is 0 Å². The average molecular weight is 392 g/mol.